The standard InChI is InChI=1S/C13H13N3O/c1-2-3-13(17)15-11-6-4-10(5-7-11)12-8-9-14-16-12/h2-9H,1H3,(H,14,16)(H,15,17). The Morgan fingerprint density at radius 1 is 1.29 bits per heavy atom. The maximum Gasteiger partial charge on any atom is 0.248 e. The smallest absolute Gasteiger partial charge is 0.248 e. The van der Waals surface area contributed by atoms with Gasteiger partial charge in [-0.25, -0.2) is 0 Å². The van der Waals surface area contributed by atoms with Crippen LogP contribution >= 0.6 is 0 Å². The zero-order chi connectivity index (χ0) is 12.1. The maximum absolute atomic E-state index is 11.3. The molecular formula is C13H13N3O. The first-order chi connectivity index (χ1) is 8.29. The molecule has 1 heterocycles. The molecule has 0 aliphatic carbocycles. The number of allylic oxidation sites excluding steroid dienone is 1. The van der Waals surface area contributed by atoms with Crippen LogP contribution in [-0.2, 0) is 4.79 Å². The molecule has 2 N–H and O–H groups in total. The normalized spacial score (nSPS) is 10.6. The van der Waals surface area contributed by atoms with Crippen LogP contribution in [0.1, 0.15) is 6.92 Å². The van der Waals surface area contributed by atoms with Crippen LogP contribution in [0.15, 0.2) is 48.7 Å². The Kier molecular flexibility index (Phi) is 3.35. The van der Waals surface area contributed by atoms with Gasteiger partial charge in [-0.3, -0.25) is 9.89 Å². The van der Waals surface area contributed by atoms with E-state index in [9.17, 15) is 4.79 Å². The molecule has 86 valence electrons. The Morgan fingerprint density at radius 3 is 2.65 bits per heavy atom. The van der Waals surface area contributed by atoms with Crippen LogP contribution in [0.4, 0.5) is 5.69 Å². The SMILES string of the molecule is CC=CC(=O)Nc1ccc(-c2ccn[nH]2)cc1. The molecule has 0 aliphatic heterocycles. The molecule has 2 rings (SSSR count). The molecule has 1 aromatic carbocycles. The molecule has 0 saturated carbocycles. The van der Waals surface area contributed by atoms with Crippen molar-refractivity contribution in [3.63, 3.8) is 0 Å². The summed E-state index contributed by atoms with van der Waals surface area (Å²) in [4.78, 5) is 11.3. The van der Waals surface area contributed by atoms with Crippen molar-refractivity contribution in [2.24, 2.45) is 0 Å². The highest BCUT2D eigenvalue weighted by molar-refractivity contribution is 5.99. The van der Waals surface area contributed by atoms with E-state index in [1.807, 2.05) is 30.3 Å². The van der Waals surface area contributed by atoms with Crippen molar-refractivity contribution in [2.45, 2.75) is 6.92 Å². The summed E-state index contributed by atoms with van der Waals surface area (Å²) in [6, 6.07) is 9.47. The van der Waals surface area contributed by atoms with Crippen LogP contribution in [0, 0.1) is 0 Å². The minimum Gasteiger partial charge on any atom is -0.323 e. The lowest BCUT2D eigenvalue weighted by atomic mass is 10.1. The Labute approximate surface area is 99.4 Å². The van der Waals surface area contributed by atoms with Gasteiger partial charge in [0, 0.05) is 11.9 Å². The largest absolute Gasteiger partial charge is 0.323 e. The number of nitrogens with one attached hydrogen (secondary N) is 2. The zero-order valence-electron chi connectivity index (χ0n) is 9.47. The number of amides is 1. The van der Waals surface area contributed by atoms with E-state index in [-0.39, 0.29) is 5.91 Å². The molecule has 0 saturated heterocycles. The second-order valence-corrected chi connectivity index (χ2v) is 3.54. The fourth-order valence-corrected chi connectivity index (χ4v) is 1.49. The minimum atomic E-state index is -0.123. The fourth-order valence-electron chi connectivity index (χ4n) is 1.49. The van der Waals surface area contributed by atoms with Crippen molar-refractivity contribution in [2.75, 3.05) is 5.32 Å². The van der Waals surface area contributed by atoms with Crippen LogP contribution < -0.4 is 5.32 Å². The van der Waals surface area contributed by atoms with Gasteiger partial charge in [-0.2, -0.15) is 5.10 Å². The number of benzene rings is 1. The number of hydrogen-bond donors (Lipinski definition) is 2. The second kappa shape index (κ2) is 5.12. The number of carbonyl (C=O) groups is 1. The topological polar surface area (TPSA) is 57.8 Å². The summed E-state index contributed by atoms with van der Waals surface area (Å²) in [5.41, 5.74) is 2.76. The number of nitrogens with zero attached hydrogens (tertiary/aromatic N) is 1. The molecule has 1 aromatic heterocycles. The number of anilines is 1. The summed E-state index contributed by atoms with van der Waals surface area (Å²) in [5.74, 6) is -0.123. The summed E-state index contributed by atoms with van der Waals surface area (Å²) in [6.07, 6.45) is 4.90. The molecule has 0 unspecified atom stereocenters. The number of aromatic nitrogens is 2. The monoisotopic (exact) mass is 227 g/mol. The lowest BCUT2D eigenvalue weighted by molar-refractivity contribution is -0.111. The van der Waals surface area contributed by atoms with E-state index in [1.54, 1.807) is 19.2 Å². The van der Waals surface area contributed by atoms with E-state index in [0.29, 0.717) is 0 Å². The summed E-state index contributed by atoms with van der Waals surface area (Å²) < 4.78 is 0. The molecular weight excluding hydrogens is 214 g/mol. The Hall–Kier alpha value is -2.36. The quantitative estimate of drug-likeness (QED) is 0.792. The van der Waals surface area contributed by atoms with E-state index in [1.165, 1.54) is 6.08 Å². The maximum atomic E-state index is 11.3. The lowest BCUT2D eigenvalue weighted by Crippen LogP contribution is -2.07. The van der Waals surface area contributed by atoms with Gasteiger partial charge < -0.3 is 5.32 Å². The predicted molar refractivity (Wildman–Crippen MR) is 67.5 cm³/mol. The van der Waals surface area contributed by atoms with Crippen molar-refractivity contribution in [3.05, 3.63) is 48.7 Å². The molecule has 0 atom stereocenters. The first kappa shape index (κ1) is 11.1. The predicted octanol–water partition coefficient (Wildman–Crippen LogP) is 2.59. The van der Waals surface area contributed by atoms with Crippen molar-refractivity contribution in [1.29, 1.82) is 0 Å². The third kappa shape index (κ3) is 2.81. The van der Waals surface area contributed by atoms with Gasteiger partial charge in [0.2, 0.25) is 5.91 Å². The van der Waals surface area contributed by atoms with Gasteiger partial charge in [0.25, 0.3) is 0 Å². The van der Waals surface area contributed by atoms with Crippen LogP contribution in [0.5, 0.6) is 0 Å². The molecule has 17 heavy (non-hydrogen) atoms. The molecule has 4 heteroatoms. The van der Waals surface area contributed by atoms with Crippen LogP contribution in [0.3, 0.4) is 0 Å². The fraction of sp³-hybridized carbons (Fsp3) is 0.0769. The minimum absolute atomic E-state index is 0.123. The highest BCUT2D eigenvalue weighted by Crippen LogP contribution is 2.18. The van der Waals surface area contributed by atoms with Crippen LogP contribution in [0.25, 0.3) is 11.3 Å². The molecule has 0 fully saturated rings. The van der Waals surface area contributed by atoms with Crippen molar-refractivity contribution < 1.29 is 4.79 Å². The van der Waals surface area contributed by atoms with E-state index >= 15 is 0 Å². The van der Waals surface area contributed by atoms with Crippen LogP contribution in [-0.4, -0.2) is 16.1 Å². The van der Waals surface area contributed by atoms with Gasteiger partial charge in [0.1, 0.15) is 0 Å². The van der Waals surface area contributed by atoms with Gasteiger partial charge in [-0.05, 0) is 36.8 Å². The second-order valence-electron chi connectivity index (χ2n) is 3.54. The lowest BCUT2D eigenvalue weighted by Gasteiger charge is -2.03. The van der Waals surface area contributed by atoms with Crippen molar-refractivity contribution in [1.82, 2.24) is 10.2 Å². The van der Waals surface area contributed by atoms with Gasteiger partial charge in [-0.15, -0.1) is 0 Å². The number of hydrogen-bond acceptors (Lipinski definition) is 2. The number of H-pyrrole nitrogens is 1. The van der Waals surface area contributed by atoms with Gasteiger partial charge in [-0.1, -0.05) is 18.2 Å². The highest BCUT2D eigenvalue weighted by Gasteiger charge is 2.00. The molecule has 0 bridgehead atoms. The van der Waals surface area contributed by atoms with E-state index in [2.05, 4.69) is 15.5 Å². The van der Waals surface area contributed by atoms with E-state index < -0.39 is 0 Å². The summed E-state index contributed by atoms with van der Waals surface area (Å²) in [7, 11) is 0. The molecule has 0 spiro atoms. The molecule has 2 aromatic rings. The molecule has 0 radical (unpaired) electrons. The summed E-state index contributed by atoms with van der Waals surface area (Å²) >= 11 is 0. The van der Waals surface area contributed by atoms with Gasteiger partial charge in [0.05, 0.1) is 5.69 Å². The average Bonchev–Trinajstić information content (AvgIpc) is 2.84. The Morgan fingerprint density at radius 2 is 2.06 bits per heavy atom. The summed E-state index contributed by atoms with van der Waals surface area (Å²) in [6.45, 7) is 1.81. The molecule has 0 aliphatic rings. The zero-order valence-corrected chi connectivity index (χ0v) is 9.47. The third-order valence-corrected chi connectivity index (χ3v) is 2.28. The number of aromatic amines is 1. The van der Waals surface area contributed by atoms with Gasteiger partial charge in [0.15, 0.2) is 0 Å². The highest BCUT2D eigenvalue weighted by atomic mass is 16.1. The Balaban J connectivity index is 2.11. The number of carbonyl (C=O) groups excluding carboxylic acids is 1. The van der Waals surface area contributed by atoms with E-state index in [4.69, 9.17) is 0 Å². The summed E-state index contributed by atoms with van der Waals surface area (Å²) in [5, 5.41) is 9.54. The van der Waals surface area contributed by atoms with E-state index in [0.717, 1.165) is 16.9 Å². The Bertz CT molecular complexity index is 512. The average molecular weight is 227 g/mol. The van der Waals surface area contributed by atoms with Gasteiger partial charge >= 0.3 is 0 Å². The van der Waals surface area contributed by atoms with Crippen molar-refractivity contribution >= 4 is 11.6 Å². The van der Waals surface area contributed by atoms with Crippen LogP contribution in [0.2, 0.25) is 0 Å². The van der Waals surface area contributed by atoms with Crippen molar-refractivity contribution in [3.8, 4) is 11.3 Å². The number of rotatable bonds is 3. The first-order valence-electron chi connectivity index (χ1n) is 5.33. The molecule has 4 nitrogen and oxygen atoms in total. The third-order valence-electron chi connectivity index (χ3n) is 2.28. The first-order valence-corrected chi connectivity index (χ1v) is 5.33. The molecule has 1 amide bonds.